The second kappa shape index (κ2) is 13.0. The number of benzene rings is 1. The molecule has 0 bridgehead atoms. The number of halogens is 1. The number of hydrogen-bond acceptors (Lipinski definition) is 4. The number of sulfonamides is 1. The Morgan fingerprint density at radius 2 is 1.97 bits per heavy atom. The fourth-order valence-electron chi connectivity index (χ4n) is 3.26. The average molecular weight is 561 g/mol. The molecule has 3 N–H and O–H groups in total. The predicted molar refractivity (Wildman–Crippen MR) is 135 cm³/mol. The van der Waals surface area contributed by atoms with Gasteiger partial charge in [-0.15, -0.1) is 24.0 Å². The standard InChI is InChI=1S/C21H32N6O2S.HI/c1-2-22-21(23-12-14-30(28,29)26-15-18-7-5-8-18)24-16-19-9-3-4-10-20(19)17-27-13-6-11-25-27;/h3-4,6,9-11,13,18,26H,2,5,7-8,12,14-17H2,1H3,(H2,22,23,24);1H. The Balaban J connectivity index is 0.00000341. The number of rotatable bonds is 11. The lowest BCUT2D eigenvalue weighted by Crippen LogP contribution is -2.42. The Bertz CT molecular complexity index is 914. The molecule has 10 heteroatoms. The Hall–Kier alpha value is -1.66. The van der Waals surface area contributed by atoms with Gasteiger partial charge in [-0.25, -0.2) is 18.1 Å². The second-order valence-corrected chi connectivity index (χ2v) is 9.48. The maximum atomic E-state index is 12.2. The van der Waals surface area contributed by atoms with E-state index in [0.717, 1.165) is 24.0 Å². The van der Waals surface area contributed by atoms with Crippen LogP contribution < -0.4 is 15.4 Å². The minimum atomic E-state index is -3.27. The third-order valence-electron chi connectivity index (χ3n) is 5.24. The number of nitrogens with zero attached hydrogens (tertiary/aromatic N) is 3. The van der Waals surface area contributed by atoms with Crippen molar-refractivity contribution in [2.24, 2.45) is 10.9 Å². The van der Waals surface area contributed by atoms with Crippen LogP contribution in [-0.2, 0) is 23.1 Å². The summed E-state index contributed by atoms with van der Waals surface area (Å²) in [5.41, 5.74) is 2.27. The first kappa shape index (κ1) is 25.6. The number of guanidine groups is 1. The van der Waals surface area contributed by atoms with E-state index in [4.69, 9.17) is 0 Å². The second-order valence-electron chi connectivity index (χ2n) is 7.56. The van der Waals surface area contributed by atoms with Crippen molar-refractivity contribution < 1.29 is 8.42 Å². The van der Waals surface area contributed by atoms with E-state index in [-0.39, 0.29) is 29.7 Å². The van der Waals surface area contributed by atoms with Crippen molar-refractivity contribution in [3.05, 3.63) is 53.9 Å². The van der Waals surface area contributed by atoms with Gasteiger partial charge >= 0.3 is 0 Å². The number of aromatic nitrogens is 2. The van der Waals surface area contributed by atoms with Crippen LogP contribution in [0.15, 0.2) is 47.7 Å². The average Bonchev–Trinajstić information content (AvgIpc) is 3.19. The minimum Gasteiger partial charge on any atom is -0.357 e. The highest BCUT2D eigenvalue weighted by molar-refractivity contribution is 14.0. The van der Waals surface area contributed by atoms with Crippen LogP contribution in [0.4, 0.5) is 0 Å². The molecule has 172 valence electrons. The van der Waals surface area contributed by atoms with E-state index < -0.39 is 10.0 Å². The molecular formula is C21H33IN6O2S. The van der Waals surface area contributed by atoms with Crippen LogP contribution in [0.25, 0.3) is 0 Å². The summed E-state index contributed by atoms with van der Waals surface area (Å²) in [6, 6.07) is 10.0. The summed E-state index contributed by atoms with van der Waals surface area (Å²) < 4.78 is 28.9. The first-order valence-corrected chi connectivity index (χ1v) is 12.2. The van der Waals surface area contributed by atoms with Gasteiger partial charge in [-0.05, 0) is 42.9 Å². The Labute approximate surface area is 202 Å². The van der Waals surface area contributed by atoms with E-state index in [9.17, 15) is 8.42 Å². The van der Waals surface area contributed by atoms with Crippen LogP contribution in [0.1, 0.15) is 37.3 Å². The summed E-state index contributed by atoms with van der Waals surface area (Å²) in [7, 11) is -3.27. The fraction of sp³-hybridized carbons (Fsp3) is 0.524. The Kier molecular flexibility index (Phi) is 10.7. The van der Waals surface area contributed by atoms with Gasteiger partial charge in [-0.1, -0.05) is 30.7 Å². The molecule has 1 heterocycles. The molecule has 0 saturated heterocycles. The third kappa shape index (κ3) is 8.77. The predicted octanol–water partition coefficient (Wildman–Crippen LogP) is 2.32. The summed E-state index contributed by atoms with van der Waals surface area (Å²) >= 11 is 0. The summed E-state index contributed by atoms with van der Waals surface area (Å²) in [5, 5.41) is 10.6. The van der Waals surface area contributed by atoms with Crippen LogP contribution in [0.3, 0.4) is 0 Å². The van der Waals surface area contributed by atoms with Crippen molar-refractivity contribution >= 4 is 40.0 Å². The zero-order chi connectivity index (χ0) is 21.2. The van der Waals surface area contributed by atoms with Gasteiger partial charge in [-0.2, -0.15) is 5.10 Å². The lowest BCUT2D eigenvalue weighted by atomic mass is 9.86. The molecule has 0 amide bonds. The highest BCUT2D eigenvalue weighted by Crippen LogP contribution is 2.25. The summed E-state index contributed by atoms with van der Waals surface area (Å²) in [6.45, 7) is 4.74. The lowest BCUT2D eigenvalue weighted by molar-refractivity contribution is 0.316. The van der Waals surface area contributed by atoms with Crippen molar-refractivity contribution in [3.63, 3.8) is 0 Å². The maximum absolute atomic E-state index is 12.2. The van der Waals surface area contributed by atoms with Crippen molar-refractivity contribution in [2.75, 3.05) is 25.4 Å². The number of nitrogens with one attached hydrogen (secondary N) is 3. The first-order valence-electron chi connectivity index (χ1n) is 10.6. The monoisotopic (exact) mass is 560 g/mol. The van der Waals surface area contributed by atoms with E-state index >= 15 is 0 Å². The van der Waals surface area contributed by atoms with E-state index in [1.807, 2.05) is 36.0 Å². The zero-order valence-electron chi connectivity index (χ0n) is 18.0. The molecule has 0 aliphatic heterocycles. The highest BCUT2D eigenvalue weighted by atomic mass is 127. The zero-order valence-corrected chi connectivity index (χ0v) is 21.1. The molecule has 0 radical (unpaired) electrons. The quantitative estimate of drug-likeness (QED) is 0.223. The topological polar surface area (TPSA) is 100 Å². The molecule has 0 spiro atoms. The molecule has 0 unspecified atom stereocenters. The van der Waals surface area contributed by atoms with Crippen LogP contribution in [0, 0.1) is 5.92 Å². The van der Waals surface area contributed by atoms with Gasteiger partial charge in [0, 0.05) is 32.0 Å². The molecule has 1 aromatic heterocycles. The molecule has 8 nitrogen and oxygen atoms in total. The van der Waals surface area contributed by atoms with Crippen LogP contribution in [0.5, 0.6) is 0 Å². The van der Waals surface area contributed by atoms with Gasteiger partial charge in [0.05, 0.1) is 18.8 Å². The summed E-state index contributed by atoms with van der Waals surface area (Å²) in [5.74, 6) is 1.15. The van der Waals surface area contributed by atoms with E-state index in [1.54, 1.807) is 6.20 Å². The number of hydrogen-bond donors (Lipinski definition) is 3. The minimum absolute atomic E-state index is 0. The van der Waals surface area contributed by atoms with Gasteiger partial charge in [0.2, 0.25) is 10.0 Å². The first-order chi connectivity index (χ1) is 14.6. The molecule has 31 heavy (non-hydrogen) atoms. The third-order valence-corrected chi connectivity index (χ3v) is 6.59. The fourth-order valence-corrected chi connectivity index (χ4v) is 4.26. The van der Waals surface area contributed by atoms with Gasteiger partial charge in [0.25, 0.3) is 0 Å². The van der Waals surface area contributed by atoms with Gasteiger partial charge in [-0.3, -0.25) is 4.68 Å². The normalized spacial score (nSPS) is 14.5. The van der Waals surface area contributed by atoms with Crippen LogP contribution in [-0.4, -0.2) is 49.5 Å². The van der Waals surface area contributed by atoms with Crippen molar-refractivity contribution in [3.8, 4) is 0 Å². The Morgan fingerprint density at radius 3 is 2.61 bits per heavy atom. The summed E-state index contributed by atoms with van der Waals surface area (Å²) in [4.78, 5) is 4.64. The molecule has 1 aliphatic rings. The van der Waals surface area contributed by atoms with Crippen LogP contribution in [0.2, 0.25) is 0 Å². The van der Waals surface area contributed by atoms with Gasteiger partial charge in [0.1, 0.15) is 0 Å². The molecule has 0 atom stereocenters. The maximum Gasteiger partial charge on any atom is 0.213 e. The molecular weight excluding hydrogens is 527 g/mol. The molecule has 1 fully saturated rings. The number of aliphatic imine (C=N–C) groups is 1. The molecule has 1 aliphatic carbocycles. The van der Waals surface area contributed by atoms with Crippen molar-refractivity contribution in [1.29, 1.82) is 0 Å². The van der Waals surface area contributed by atoms with Crippen LogP contribution >= 0.6 is 24.0 Å². The molecule has 1 saturated carbocycles. The highest BCUT2D eigenvalue weighted by Gasteiger charge is 2.20. The van der Waals surface area contributed by atoms with E-state index in [0.29, 0.717) is 44.6 Å². The smallest absolute Gasteiger partial charge is 0.213 e. The van der Waals surface area contributed by atoms with Crippen molar-refractivity contribution in [2.45, 2.75) is 39.3 Å². The lowest BCUT2D eigenvalue weighted by Gasteiger charge is -2.25. The molecule has 1 aromatic carbocycles. The van der Waals surface area contributed by atoms with Gasteiger partial charge in [0.15, 0.2) is 5.96 Å². The van der Waals surface area contributed by atoms with Gasteiger partial charge < -0.3 is 10.6 Å². The largest absolute Gasteiger partial charge is 0.357 e. The summed E-state index contributed by atoms with van der Waals surface area (Å²) in [6.07, 6.45) is 7.16. The molecule has 2 aromatic rings. The van der Waals surface area contributed by atoms with Crippen molar-refractivity contribution in [1.82, 2.24) is 25.1 Å². The Morgan fingerprint density at radius 1 is 1.19 bits per heavy atom. The molecule has 3 rings (SSSR count). The van der Waals surface area contributed by atoms with E-state index in [1.165, 1.54) is 6.42 Å². The SMILES string of the molecule is CCNC(=NCc1ccccc1Cn1cccn1)NCCS(=O)(=O)NCC1CCC1.I. The van der Waals surface area contributed by atoms with E-state index in [2.05, 4.69) is 37.6 Å².